The highest BCUT2D eigenvalue weighted by Crippen LogP contribution is 2.41. The van der Waals surface area contributed by atoms with Crippen molar-refractivity contribution in [3.05, 3.63) is 12.4 Å². The Morgan fingerprint density at radius 2 is 2.38 bits per heavy atom. The molecule has 0 aromatic carbocycles. The zero-order valence-corrected chi connectivity index (χ0v) is 13.2. The number of nitrogens with zero attached hydrogens (tertiary/aromatic N) is 2. The molecule has 2 N–H and O–H groups in total. The van der Waals surface area contributed by atoms with Crippen LogP contribution in [0.2, 0.25) is 0 Å². The number of imidazole rings is 1. The molecule has 0 aliphatic heterocycles. The molecule has 2 fully saturated rings. The molecule has 2 saturated carbocycles. The second kappa shape index (κ2) is 6.01. The minimum absolute atomic E-state index is 0.239. The van der Waals surface area contributed by atoms with E-state index in [-0.39, 0.29) is 5.92 Å². The first-order valence-electron chi connectivity index (χ1n) is 7.73. The summed E-state index contributed by atoms with van der Waals surface area (Å²) >= 11 is 1.72. The highest BCUT2D eigenvalue weighted by atomic mass is 32.2. The van der Waals surface area contributed by atoms with Crippen molar-refractivity contribution in [1.29, 1.82) is 0 Å². The van der Waals surface area contributed by atoms with Crippen molar-refractivity contribution >= 4 is 17.7 Å². The van der Waals surface area contributed by atoms with E-state index in [9.17, 15) is 9.90 Å². The van der Waals surface area contributed by atoms with Gasteiger partial charge in [0.15, 0.2) is 5.16 Å². The van der Waals surface area contributed by atoms with Gasteiger partial charge in [0.2, 0.25) is 0 Å². The third-order valence-electron chi connectivity index (χ3n) is 4.72. The van der Waals surface area contributed by atoms with Gasteiger partial charge in [-0.05, 0) is 38.0 Å². The van der Waals surface area contributed by atoms with E-state index in [1.54, 1.807) is 18.0 Å². The summed E-state index contributed by atoms with van der Waals surface area (Å²) in [5.74, 6) is 0.513. The predicted molar refractivity (Wildman–Crippen MR) is 82.4 cm³/mol. The first-order valence-corrected chi connectivity index (χ1v) is 8.71. The third kappa shape index (κ3) is 3.11. The van der Waals surface area contributed by atoms with Gasteiger partial charge in [-0.25, -0.2) is 4.98 Å². The maximum absolute atomic E-state index is 11.9. The molecule has 1 aromatic rings. The maximum Gasteiger partial charge on any atom is 0.324 e. The van der Waals surface area contributed by atoms with Gasteiger partial charge in [-0.1, -0.05) is 18.2 Å². The van der Waals surface area contributed by atoms with Crippen LogP contribution in [0.25, 0.3) is 0 Å². The fraction of sp³-hybridized carbons (Fsp3) is 0.733. The fourth-order valence-electron chi connectivity index (χ4n) is 3.38. The molecule has 21 heavy (non-hydrogen) atoms. The van der Waals surface area contributed by atoms with Crippen LogP contribution in [0, 0.1) is 5.92 Å². The Morgan fingerprint density at radius 3 is 3.00 bits per heavy atom. The van der Waals surface area contributed by atoms with Crippen molar-refractivity contribution in [3.63, 3.8) is 0 Å². The number of rotatable bonds is 7. The summed E-state index contributed by atoms with van der Waals surface area (Å²) in [4.78, 5) is 16.2. The summed E-state index contributed by atoms with van der Waals surface area (Å²) in [6.07, 6.45) is 9.74. The van der Waals surface area contributed by atoms with Crippen molar-refractivity contribution in [2.24, 2.45) is 13.0 Å². The first-order chi connectivity index (χ1) is 10.1. The summed E-state index contributed by atoms with van der Waals surface area (Å²) in [6, 6.07) is 0.434. The molecule has 0 amide bonds. The predicted octanol–water partition coefficient (Wildman–Crippen LogP) is 2.28. The highest BCUT2D eigenvalue weighted by Gasteiger charge is 2.50. The number of carbonyl (C=O) groups is 1. The minimum atomic E-state index is -0.677. The van der Waals surface area contributed by atoms with Gasteiger partial charge >= 0.3 is 5.97 Å². The zero-order valence-electron chi connectivity index (χ0n) is 12.4. The zero-order chi connectivity index (χ0) is 14.9. The summed E-state index contributed by atoms with van der Waals surface area (Å²) in [5.41, 5.74) is -0.677. The summed E-state index contributed by atoms with van der Waals surface area (Å²) in [5, 5.41) is 14.2. The van der Waals surface area contributed by atoms with Crippen LogP contribution >= 0.6 is 11.8 Å². The number of carboxylic acids is 1. The van der Waals surface area contributed by atoms with Gasteiger partial charge in [0, 0.05) is 31.2 Å². The summed E-state index contributed by atoms with van der Waals surface area (Å²) in [7, 11) is 1.99. The van der Waals surface area contributed by atoms with Crippen LogP contribution in [-0.4, -0.2) is 38.0 Å². The minimum Gasteiger partial charge on any atom is -0.480 e. The van der Waals surface area contributed by atoms with Crippen LogP contribution < -0.4 is 5.32 Å². The Balaban J connectivity index is 1.60. The topological polar surface area (TPSA) is 67.2 Å². The largest absolute Gasteiger partial charge is 0.480 e. The molecular weight excluding hydrogens is 286 g/mol. The van der Waals surface area contributed by atoms with Gasteiger partial charge in [0.1, 0.15) is 5.54 Å². The molecule has 1 heterocycles. The number of hydrogen-bond donors (Lipinski definition) is 2. The molecule has 2 atom stereocenters. The quantitative estimate of drug-likeness (QED) is 0.756. The first kappa shape index (κ1) is 14.9. The Hall–Kier alpha value is -1.01. The molecule has 2 unspecified atom stereocenters. The average Bonchev–Trinajstić information content (AvgIpc) is 3.02. The number of nitrogens with one attached hydrogen (secondary N) is 1. The standard InChI is InChI=1S/C15H23N3O2S/c1-18-9-8-16-14(18)21-10-6-11-3-2-7-15(11,13(19)20)17-12-4-5-12/h8-9,11-12,17H,2-7,10H2,1H3,(H,19,20). The third-order valence-corrected chi connectivity index (χ3v) is 5.81. The van der Waals surface area contributed by atoms with Gasteiger partial charge < -0.3 is 9.67 Å². The van der Waals surface area contributed by atoms with Crippen molar-refractivity contribution in [2.75, 3.05) is 5.75 Å². The van der Waals surface area contributed by atoms with Crippen LogP contribution in [0.3, 0.4) is 0 Å². The van der Waals surface area contributed by atoms with Gasteiger partial charge in [-0.15, -0.1) is 0 Å². The number of aryl methyl sites for hydroxylation is 1. The van der Waals surface area contributed by atoms with Crippen LogP contribution in [0.4, 0.5) is 0 Å². The molecule has 116 valence electrons. The van der Waals surface area contributed by atoms with E-state index in [0.29, 0.717) is 6.04 Å². The molecule has 0 spiro atoms. The molecule has 6 heteroatoms. The number of hydrogen-bond acceptors (Lipinski definition) is 4. The molecule has 0 bridgehead atoms. The number of aromatic nitrogens is 2. The SMILES string of the molecule is Cn1ccnc1SCCC1CCCC1(NC1CC1)C(=O)O. The number of aliphatic carboxylic acids is 1. The van der Waals surface area contributed by atoms with Crippen LogP contribution in [-0.2, 0) is 11.8 Å². The molecule has 0 radical (unpaired) electrons. The molecule has 2 aliphatic rings. The van der Waals surface area contributed by atoms with Gasteiger partial charge in [-0.3, -0.25) is 10.1 Å². The van der Waals surface area contributed by atoms with E-state index in [0.717, 1.165) is 49.4 Å². The average molecular weight is 309 g/mol. The molecule has 1 aromatic heterocycles. The lowest BCUT2D eigenvalue weighted by Crippen LogP contribution is -2.55. The van der Waals surface area contributed by atoms with E-state index in [2.05, 4.69) is 10.3 Å². The van der Waals surface area contributed by atoms with E-state index >= 15 is 0 Å². The molecular formula is C15H23N3O2S. The number of carboxylic acid groups (broad SMARTS) is 1. The highest BCUT2D eigenvalue weighted by molar-refractivity contribution is 7.99. The number of thioether (sulfide) groups is 1. The lowest BCUT2D eigenvalue weighted by atomic mass is 9.85. The van der Waals surface area contributed by atoms with Crippen molar-refractivity contribution in [1.82, 2.24) is 14.9 Å². The lowest BCUT2D eigenvalue weighted by Gasteiger charge is -2.32. The normalized spacial score (nSPS) is 28.9. The molecule has 5 nitrogen and oxygen atoms in total. The van der Waals surface area contributed by atoms with Gasteiger partial charge in [-0.2, -0.15) is 0 Å². The lowest BCUT2D eigenvalue weighted by molar-refractivity contribution is -0.146. The molecule has 2 aliphatic carbocycles. The van der Waals surface area contributed by atoms with E-state index in [4.69, 9.17) is 0 Å². The molecule has 3 rings (SSSR count). The Bertz CT molecular complexity index is 515. The summed E-state index contributed by atoms with van der Waals surface area (Å²) < 4.78 is 2.01. The van der Waals surface area contributed by atoms with Gasteiger partial charge in [0.25, 0.3) is 0 Å². The van der Waals surface area contributed by atoms with Crippen molar-refractivity contribution < 1.29 is 9.90 Å². The monoisotopic (exact) mass is 309 g/mol. The fourth-order valence-corrected chi connectivity index (χ4v) is 4.36. The Labute approximate surface area is 129 Å². The Kier molecular flexibility index (Phi) is 4.26. The Morgan fingerprint density at radius 1 is 1.57 bits per heavy atom. The second-order valence-electron chi connectivity index (χ2n) is 6.24. The molecule has 0 saturated heterocycles. The van der Waals surface area contributed by atoms with E-state index < -0.39 is 11.5 Å². The van der Waals surface area contributed by atoms with E-state index in [1.807, 2.05) is 17.8 Å². The van der Waals surface area contributed by atoms with Crippen LogP contribution in [0.5, 0.6) is 0 Å². The van der Waals surface area contributed by atoms with E-state index in [1.165, 1.54) is 0 Å². The van der Waals surface area contributed by atoms with Crippen molar-refractivity contribution in [3.8, 4) is 0 Å². The second-order valence-corrected chi connectivity index (χ2v) is 7.30. The van der Waals surface area contributed by atoms with Crippen molar-refractivity contribution in [2.45, 2.75) is 55.3 Å². The maximum atomic E-state index is 11.9. The smallest absolute Gasteiger partial charge is 0.324 e. The van der Waals surface area contributed by atoms with Gasteiger partial charge in [0.05, 0.1) is 0 Å². The van der Waals surface area contributed by atoms with Crippen LogP contribution in [0.1, 0.15) is 38.5 Å². The summed E-state index contributed by atoms with van der Waals surface area (Å²) in [6.45, 7) is 0. The van der Waals surface area contributed by atoms with Crippen LogP contribution in [0.15, 0.2) is 17.6 Å².